The van der Waals surface area contributed by atoms with Crippen LogP contribution in [-0.4, -0.2) is 39.8 Å². The molecule has 26 heavy (non-hydrogen) atoms. The molecule has 2 aromatic heterocycles. The second-order valence-electron chi connectivity index (χ2n) is 6.65. The molecule has 132 valence electrons. The van der Waals surface area contributed by atoms with Crippen molar-refractivity contribution in [1.82, 2.24) is 20.2 Å². The number of likely N-dealkylation sites (tertiary alicyclic amines) is 1. The smallest absolute Gasteiger partial charge is 0.225 e. The van der Waals surface area contributed by atoms with E-state index in [2.05, 4.69) is 15.3 Å². The monoisotopic (exact) mass is 348 g/mol. The predicted molar refractivity (Wildman–Crippen MR) is 98.3 cm³/mol. The zero-order valence-corrected chi connectivity index (χ0v) is 14.5. The van der Waals surface area contributed by atoms with Gasteiger partial charge in [-0.3, -0.25) is 14.6 Å². The summed E-state index contributed by atoms with van der Waals surface area (Å²) < 4.78 is 0. The largest absolute Gasteiger partial charge is 0.361 e. The molecule has 0 aliphatic carbocycles. The van der Waals surface area contributed by atoms with E-state index in [0.29, 0.717) is 6.42 Å². The quantitative estimate of drug-likeness (QED) is 0.759. The minimum atomic E-state index is -0.255. The Balaban J connectivity index is 1.52. The Bertz CT molecular complexity index is 951. The van der Waals surface area contributed by atoms with Gasteiger partial charge in [0.1, 0.15) is 0 Å². The average Bonchev–Trinajstić information content (AvgIpc) is 3.17. The summed E-state index contributed by atoms with van der Waals surface area (Å²) in [5.74, 6) is -0.0620. The minimum absolute atomic E-state index is 0.0243. The predicted octanol–water partition coefficient (Wildman–Crippen LogP) is 2.19. The molecule has 1 aliphatic rings. The Morgan fingerprint density at radius 2 is 2.15 bits per heavy atom. The number of pyridine rings is 1. The number of para-hydroxylation sites is 1. The maximum atomic E-state index is 12.6. The Kier molecular flexibility index (Phi) is 4.16. The highest BCUT2D eigenvalue weighted by atomic mass is 16.2. The zero-order chi connectivity index (χ0) is 18.1. The van der Waals surface area contributed by atoms with Crippen molar-refractivity contribution < 1.29 is 9.59 Å². The van der Waals surface area contributed by atoms with Gasteiger partial charge in [0.25, 0.3) is 0 Å². The summed E-state index contributed by atoms with van der Waals surface area (Å²) in [6.07, 6.45) is 5.89. The van der Waals surface area contributed by atoms with Crippen LogP contribution < -0.4 is 5.32 Å². The molecule has 4 rings (SSSR count). The molecular formula is C20H20N4O2. The third kappa shape index (κ3) is 2.94. The summed E-state index contributed by atoms with van der Waals surface area (Å²) in [5.41, 5.74) is 2.89. The lowest BCUT2D eigenvalue weighted by Crippen LogP contribution is -2.39. The molecule has 2 amide bonds. The van der Waals surface area contributed by atoms with E-state index >= 15 is 0 Å². The van der Waals surface area contributed by atoms with E-state index in [-0.39, 0.29) is 30.3 Å². The molecule has 1 fully saturated rings. The molecule has 1 aliphatic heterocycles. The van der Waals surface area contributed by atoms with Gasteiger partial charge in [-0.2, -0.15) is 0 Å². The first kappa shape index (κ1) is 16.3. The van der Waals surface area contributed by atoms with Gasteiger partial charge in [-0.25, -0.2) is 0 Å². The van der Waals surface area contributed by atoms with E-state index in [1.165, 1.54) is 0 Å². The summed E-state index contributed by atoms with van der Waals surface area (Å²) in [6.45, 7) is 0. The molecule has 2 atom stereocenters. The van der Waals surface area contributed by atoms with E-state index in [9.17, 15) is 9.59 Å². The van der Waals surface area contributed by atoms with Crippen LogP contribution in [0.4, 0.5) is 0 Å². The van der Waals surface area contributed by atoms with Crippen molar-refractivity contribution in [3.63, 3.8) is 0 Å². The normalized spacial score (nSPS) is 19.9. The number of aromatic nitrogens is 2. The molecule has 1 aromatic carbocycles. The van der Waals surface area contributed by atoms with Crippen LogP contribution in [0.15, 0.2) is 55.0 Å². The summed E-state index contributed by atoms with van der Waals surface area (Å²) in [4.78, 5) is 33.8. The molecule has 3 heterocycles. The number of hydrogen-bond donors (Lipinski definition) is 2. The second kappa shape index (κ2) is 6.63. The van der Waals surface area contributed by atoms with Crippen LogP contribution >= 0.6 is 0 Å². The van der Waals surface area contributed by atoms with Gasteiger partial charge in [0.15, 0.2) is 0 Å². The number of likely N-dealkylation sites (N-methyl/N-ethyl adjacent to an activating group) is 1. The number of benzene rings is 1. The fourth-order valence-electron chi connectivity index (χ4n) is 3.71. The van der Waals surface area contributed by atoms with Crippen molar-refractivity contribution in [3.05, 3.63) is 66.1 Å². The van der Waals surface area contributed by atoms with Gasteiger partial charge in [0, 0.05) is 43.0 Å². The molecule has 0 unspecified atom stereocenters. The third-order valence-electron chi connectivity index (χ3n) is 4.98. The van der Waals surface area contributed by atoms with E-state index in [4.69, 9.17) is 0 Å². The van der Waals surface area contributed by atoms with Crippen LogP contribution in [-0.2, 0) is 16.0 Å². The zero-order valence-electron chi connectivity index (χ0n) is 14.5. The van der Waals surface area contributed by atoms with E-state index < -0.39 is 0 Å². The summed E-state index contributed by atoms with van der Waals surface area (Å²) in [7, 11) is 1.77. The van der Waals surface area contributed by atoms with Crippen LogP contribution in [0.1, 0.15) is 23.6 Å². The lowest BCUT2D eigenvalue weighted by Gasteiger charge is -2.25. The van der Waals surface area contributed by atoms with Gasteiger partial charge in [-0.15, -0.1) is 0 Å². The Hall–Kier alpha value is -3.15. The molecule has 0 saturated carbocycles. The van der Waals surface area contributed by atoms with Crippen LogP contribution in [0.5, 0.6) is 0 Å². The van der Waals surface area contributed by atoms with E-state index in [0.717, 1.165) is 22.0 Å². The number of hydrogen-bond acceptors (Lipinski definition) is 3. The van der Waals surface area contributed by atoms with Gasteiger partial charge in [-0.05, 0) is 23.3 Å². The number of nitrogens with zero attached hydrogens (tertiary/aromatic N) is 2. The first-order valence-electron chi connectivity index (χ1n) is 8.63. The number of carbonyl (C=O) groups excluding carboxylic acids is 2. The molecule has 0 bridgehead atoms. The average molecular weight is 348 g/mol. The Morgan fingerprint density at radius 1 is 1.31 bits per heavy atom. The molecule has 2 N–H and O–H groups in total. The van der Waals surface area contributed by atoms with Crippen molar-refractivity contribution in [1.29, 1.82) is 0 Å². The van der Waals surface area contributed by atoms with Crippen molar-refractivity contribution in [3.8, 4) is 0 Å². The highest BCUT2D eigenvalue weighted by Gasteiger charge is 2.39. The second-order valence-corrected chi connectivity index (χ2v) is 6.65. The minimum Gasteiger partial charge on any atom is -0.361 e. The van der Waals surface area contributed by atoms with Crippen LogP contribution in [0, 0.1) is 0 Å². The van der Waals surface area contributed by atoms with Gasteiger partial charge in [0.2, 0.25) is 11.8 Å². The van der Waals surface area contributed by atoms with Crippen molar-refractivity contribution in [2.24, 2.45) is 0 Å². The highest BCUT2D eigenvalue weighted by molar-refractivity contribution is 5.89. The number of nitrogens with one attached hydrogen (secondary N) is 2. The van der Waals surface area contributed by atoms with Crippen LogP contribution in [0.3, 0.4) is 0 Å². The number of carbonyl (C=O) groups is 2. The van der Waals surface area contributed by atoms with Crippen molar-refractivity contribution in [2.45, 2.75) is 24.9 Å². The highest BCUT2D eigenvalue weighted by Crippen LogP contribution is 2.31. The maximum absolute atomic E-state index is 12.6. The van der Waals surface area contributed by atoms with Crippen molar-refractivity contribution >= 4 is 22.7 Å². The lowest BCUT2D eigenvalue weighted by molar-refractivity contribution is -0.127. The molecule has 0 spiro atoms. The fraction of sp³-hybridized carbons (Fsp3) is 0.250. The standard InChI is InChI=1S/C20H20N4O2/c1-24-19(26)10-17(20(24)13-5-4-8-21-11-13)23-18(25)9-14-12-22-16-7-3-2-6-15(14)16/h2-8,11-12,17,20,22H,9-10H2,1H3,(H,23,25)/t17-,20+/m1/s1. The Morgan fingerprint density at radius 3 is 2.96 bits per heavy atom. The van der Waals surface area contributed by atoms with Gasteiger partial charge in [0.05, 0.1) is 18.5 Å². The number of fused-ring (bicyclic) bond motifs is 1. The topological polar surface area (TPSA) is 78.1 Å². The number of rotatable bonds is 4. The first-order chi connectivity index (χ1) is 12.6. The first-order valence-corrected chi connectivity index (χ1v) is 8.63. The number of aromatic amines is 1. The molecule has 6 heteroatoms. The summed E-state index contributed by atoms with van der Waals surface area (Å²) in [5, 5.41) is 4.10. The molecule has 1 saturated heterocycles. The summed E-state index contributed by atoms with van der Waals surface area (Å²) in [6, 6.07) is 11.2. The molecular weight excluding hydrogens is 328 g/mol. The summed E-state index contributed by atoms with van der Waals surface area (Å²) >= 11 is 0. The Labute approximate surface area is 151 Å². The van der Waals surface area contributed by atoms with E-state index in [1.54, 1.807) is 24.3 Å². The molecule has 0 radical (unpaired) electrons. The number of H-pyrrole nitrogens is 1. The van der Waals surface area contributed by atoms with Crippen molar-refractivity contribution in [2.75, 3.05) is 7.05 Å². The molecule has 3 aromatic rings. The van der Waals surface area contributed by atoms with Gasteiger partial charge >= 0.3 is 0 Å². The fourth-order valence-corrected chi connectivity index (χ4v) is 3.71. The van der Waals surface area contributed by atoms with Gasteiger partial charge in [-0.1, -0.05) is 24.3 Å². The van der Waals surface area contributed by atoms with Crippen LogP contribution in [0.25, 0.3) is 10.9 Å². The van der Waals surface area contributed by atoms with Crippen LogP contribution in [0.2, 0.25) is 0 Å². The number of amides is 2. The lowest BCUT2D eigenvalue weighted by atomic mass is 10.0. The SMILES string of the molecule is CN1C(=O)C[C@@H](NC(=O)Cc2c[nH]c3ccccc23)[C@@H]1c1cccnc1. The third-order valence-corrected chi connectivity index (χ3v) is 4.98. The molecule has 6 nitrogen and oxygen atoms in total. The van der Waals surface area contributed by atoms with E-state index in [1.807, 2.05) is 42.6 Å². The maximum Gasteiger partial charge on any atom is 0.225 e. The van der Waals surface area contributed by atoms with Gasteiger partial charge < -0.3 is 15.2 Å².